The highest BCUT2D eigenvalue weighted by molar-refractivity contribution is 5.82. The summed E-state index contributed by atoms with van der Waals surface area (Å²) >= 11 is 0. The van der Waals surface area contributed by atoms with E-state index in [0.29, 0.717) is 12.1 Å². The molecule has 1 aliphatic rings. The van der Waals surface area contributed by atoms with Crippen LogP contribution in [0.4, 0.5) is 0 Å². The van der Waals surface area contributed by atoms with Crippen molar-refractivity contribution in [2.75, 3.05) is 0 Å². The first kappa shape index (κ1) is 12.7. The van der Waals surface area contributed by atoms with Crippen LogP contribution in [0.25, 0.3) is 11.0 Å². The highest BCUT2D eigenvalue weighted by atomic mass is 16.3. The van der Waals surface area contributed by atoms with Crippen LogP contribution in [0.5, 0.6) is 0 Å². The number of para-hydroxylation sites is 1. The molecule has 1 saturated carbocycles. The Balaban J connectivity index is 1.90. The van der Waals surface area contributed by atoms with E-state index in [1.807, 2.05) is 6.07 Å². The first-order valence-corrected chi connectivity index (χ1v) is 7.56. The molecule has 2 aromatic rings. The number of benzene rings is 1. The summed E-state index contributed by atoms with van der Waals surface area (Å²) in [7, 11) is 0. The van der Waals surface area contributed by atoms with Gasteiger partial charge in [-0.05, 0) is 32.3 Å². The lowest BCUT2D eigenvalue weighted by Crippen LogP contribution is -2.29. The maximum Gasteiger partial charge on any atom is 0.134 e. The molecule has 3 rings (SSSR count). The molecule has 1 N–H and O–H groups in total. The first-order valence-electron chi connectivity index (χ1n) is 7.56. The van der Waals surface area contributed by atoms with Crippen LogP contribution in [-0.4, -0.2) is 6.04 Å². The minimum atomic E-state index is 0.311. The van der Waals surface area contributed by atoms with E-state index in [9.17, 15) is 0 Å². The smallest absolute Gasteiger partial charge is 0.134 e. The lowest BCUT2D eigenvalue weighted by atomic mass is 10.0. The highest BCUT2D eigenvalue weighted by Gasteiger charge is 2.22. The molecule has 1 aromatic carbocycles. The van der Waals surface area contributed by atoms with Crippen molar-refractivity contribution in [3.8, 4) is 0 Å². The van der Waals surface area contributed by atoms with Gasteiger partial charge in [0, 0.05) is 17.0 Å². The molecule has 0 aliphatic heterocycles. The Hall–Kier alpha value is -1.28. The molecule has 102 valence electrons. The van der Waals surface area contributed by atoms with Crippen molar-refractivity contribution in [2.45, 2.75) is 58.0 Å². The molecular formula is C17H23NO. The molecular weight excluding hydrogens is 234 g/mol. The molecule has 0 radical (unpaired) electrons. The number of hydrogen-bond acceptors (Lipinski definition) is 2. The van der Waals surface area contributed by atoms with Gasteiger partial charge < -0.3 is 9.73 Å². The largest absolute Gasteiger partial charge is 0.459 e. The number of fused-ring (bicyclic) bond motifs is 1. The van der Waals surface area contributed by atoms with E-state index < -0.39 is 0 Å². The molecule has 19 heavy (non-hydrogen) atoms. The summed E-state index contributed by atoms with van der Waals surface area (Å²) in [6.07, 6.45) is 6.39. The van der Waals surface area contributed by atoms with Crippen molar-refractivity contribution in [3.63, 3.8) is 0 Å². The summed E-state index contributed by atoms with van der Waals surface area (Å²) in [5.74, 6) is 1.13. The third kappa shape index (κ3) is 2.42. The van der Waals surface area contributed by atoms with Gasteiger partial charge in [-0.1, -0.05) is 38.0 Å². The Morgan fingerprint density at radius 3 is 2.74 bits per heavy atom. The first-order chi connectivity index (χ1) is 9.29. The molecule has 0 spiro atoms. The van der Waals surface area contributed by atoms with Crippen molar-refractivity contribution < 1.29 is 4.42 Å². The Morgan fingerprint density at radius 2 is 2.00 bits per heavy atom. The molecule has 1 heterocycles. The molecule has 1 atom stereocenters. The SMILES string of the molecule is CCc1c(C(C)NC2CCCC2)oc2ccccc12. The number of rotatable bonds is 4. The normalized spacial score (nSPS) is 18.2. The van der Waals surface area contributed by atoms with Gasteiger partial charge in [-0.3, -0.25) is 0 Å². The molecule has 1 unspecified atom stereocenters. The zero-order chi connectivity index (χ0) is 13.2. The third-order valence-corrected chi connectivity index (χ3v) is 4.32. The van der Waals surface area contributed by atoms with Gasteiger partial charge in [-0.2, -0.15) is 0 Å². The fourth-order valence-corrected chi connectivity index (χ4v) is 3.35. The Labute approximate surface area is 115 Å². The standard InChI is InChI=1S/C17H23NO/c1-3-14-15-10-6-7-11-16(15)19-17(14)12(2)18-13-8-4-5-9-13/h6-7,10-13,18H,3-5,8-9H2,1-2H3. The number of nitrogens with one attached hydrogen (secondary N) is 1. The summed E-state index contributed by atoms with van der Waals surface area (Å²) in [4.78, 5) is 0. The van der Waals surface area contributed by atoms with Gasteiger partial charge in [0.25, 0.3) is 0 Å². The van der Waals surface area contributed by atoms with Crippen LogP contribution in [-0.2, 0) is 6.42 Å². The minimum Gasteiger partial charge on any atom is -0.459 e. The second-order valence-corrected chi connectivity index (χ2v) is 5.66. The zero-order valence-electron chi connectivity index (χ0n) is 11.9. The lowest BCUT2D eigenvalue weighted by molar-refractivity contribution is 0.398. The number of furan rings is 1. The third-order valence-electron chi connectivity index (χ3n) is 4.32. The molecule has 2 nitrogen and oxygen atoms in total. The topological polar surface area (TPSA) is 25.2 Å². The maximum atomic E-state index is 6.10. The van der Waals surface area contributed by atoms with Crippen LogP contribution in [0.3, 0.4) is 0 Å². The summed E-state index contributed by atoms with van der Waals surface area (Å²) in [5.41, 5.74) is 2.39. The van der Waals surface area contributed by atoms with Crippen molar-refractivity contribution in [3.05, 3.63) is 35.6 Å². The molecule has 0 saturated heterocycles. The van der Waals surface area contributed by atoms with E-state index in [-0.39, 0.29) is 0 Å². The average molecular weight is 257 g/mol. The molecule has 2 heteroatoms. The van der Waals surface area contributed by atoms with Crippen LogP contribution in [0.1, 0.15) is 56.9 Å². The van der Waals surface area contributed by atoms with Crippen molar-refractivity contribution >= 4 is 11.0 Å². The zero-order valence-corrected chi connectivity index (χ0v) is 11.9. The highest BCUT2D eigenvalue weighted by Crippen LogP contribution is 2.31. The predicted octanol–water partition coefficient (Wildman–Crippen LogP) is 4.59. The van der Waals surface area contributed by atoms with E-state index in [0.717, 1.165) is 17.8 Å². The van der Waals surface area contributed by atoms with E-state index in [2.05, 4.69) is 37.4 Å². The molecule has 1 aromatic heterocycles. The van der Waals surface area contributed by atoms with Gasteiger partial charge >= 0.3 is 0 Å². The van der Waals surface area contributed by atoms with Crippen molar-refractivity contribution in [1.29, 1.82) is 0 Å². The summed E-state index contributed by atoms with van der Waals surface area (Å²) < 4.78 is 6.10. The maximum absolute atomic E-state index is 6.10. The van der Waals surface area contributed by atoms with E-state index in [4.69, 9.17) is 4.42 Å². The van der Waals surface area contributed by atoms with Gasteiger partial charge in [-0.15, -0.1) is 0 Å². The van der Waals surface area contributed by atoms with Gasteiger partial charge in [0.05, 0.1) is 6.04 Å². The van der Waals surface area contributed by atoms with Crippen LogP contribution < -0.4 is 5.32 Å². The Kier molecular flexibility index (Phi) is 3.61. The lowest BCUT2D eigenvalue weighted by Gasteiger charge is -2.18. The van der Waals surface area contributed by atoms with Crippen LogP contribution in [0, 0.1) is 0 Å². The molecule has 0 amide bonds. The van der Waals surface area contributed by atoms with Crippen LogP contribution in [0.15, 0.2) is 28.7 Å². The molecule has 1 fully saturated rings. The number of hydrogen-bond donors (Lipinski definition) is 1. The summed E-state index contributed by atoms with van der Waals surface area (Å²) in [6.45, 7) is 4.44. The van der Waals surface area contributed by atoms with Crippen molar-refractivity contribution in [2.24, 2.45) is 0 Å². The number of aryl methyl sites for hydroxylation is 1. The second kappa shape index (κ2) is 5.38. The van der Waals surface area contributed by atoms with Crippen LogP contribution in [0.2, 0.25) is 0 Å². The minimum absolute atomic E-state index is 0.311. The Morgan fingerprint density at radius 1 is 1.26 bits per heavy atom. The second-order valence-electron chi connectivity index (χ2n) is 5.66. The van der Waals surface area contributed by atoms with E-state index in [1.165, 1.54) is 36.6 Å². The van der Waals surface area contributed by atoms with Crippen LogP contribution >= 0.6 is 0 Å². The average Bonchev–Trinajstić information content (AvgIpc) is 3.04. The van der Waals surface area contributed by atoms with E-state index >= 15 is 0 Å². The van der Waals surface area contributed by atoms with Gasteiger partial charge in [0.1, 0.15) is 11.3 Å². The monoisotopic (exact) mass is 257 g/mol. The Bertz CT molecular complexity index is 551. The van der Waals surface area contributed by atoms with Gasteiger partial charge in [-0.25, -0.2) is 0 Å². The van der Waals surface area contributed by atoms with Gasteiger partial charge in [0.2, 0.25) is 0 Å². The molecule has 0 bridgehead atoms. The van der Waals surface area contributed by atoms with Gasteiger partial charge in [0.15, 0.2) is 0 Å². The van der Waals surface area contributed by atoms with E-state index in [1.54, 1.807) is 0 Å². The summed E-state index contributed by atoms with van der Waals surface area (Å²) in [5, 5.41) is 5.01. The fourth-order valence-electron chi connectivity index (χ4n) is 3.35. The fraction of sp³-hybridized carbons (Fsp3) is 0.529. The predicted molar refractivity (Wildman–Crippen MR) is 79.4 cm³/mol. The quantitative estimate of drug-likeness (QED) is 0.866. The summed E-state index contributed by atoms with van der Waals surface area (Å²) in [6, 6.07) is 9.36. The molecule has 1 aliphatic carbocycles. The van der Waals surface area contributed by atoms with Crippen molar-refractivity contribution in [1.82, 2.24) is 5.32 Å².